The number of ether oxygens (including phenoxy) is 1. The molecule has 0 amide bonds. The number of hydrogen-bond acceptors (Lipinski definition) is 5. The SMILES string of the molecule is CC.Fc1ccc(SNc2nc(C3CCOCC3)cs2)cc1. The number of nitrogens with one attached hydrogen (secondary N) is 1. The molecule has 1 saturated heterocycles. The minimum absolute atomic E-state index is 0.217. The van der Waals surface area contributed by atoms with Gasteiger partial charge in [-0.15, -0.1) is 11.3 Å². The molecule has 0 unspecified atom stereocenters. The topological polar surface area (TPSA) is 34.2 Å². The zero-order valence-electron chi connectivity index (χ0n) is 12.8. The van der Waals surface area contributed by atoms with Crippen molar-refractivity contribution in [2.24, 2.45) is 0 Å². The van der Waals surface area contributed by atoms with Crippen LogP contribution in [-0.2, 0) is 4.74 Å². The lowest BCUT2D eigenvalue weighted by molar-refractivity contribution is 0.0846. The molecule has 2 heterocycles. The molecular weight excluding hydrogens is 319 g/mol. The molecule has 22 heavy (non-hydrogen) atoms. The summed E-state index contributed by atoms with van der Waals surface area (Å²) in [7, 11) is 0. The van der Waals surface area contributed by atoms with Crippen LogP contribution in [0.15, 0.2) is 34.5 Å². The molecule has 1 fully saturated rings. The van der Waals surface area contributed by atoms with Crippen LogP contribution in [0, 0.1) is 5.82 Å². The lowest BCUT2D eigenvalue weighted by Crippen LogP contribution is -2.14. The van der Waals surface area contributed by atoms with Crippen LogP contribution in [-0.4, -0.2) is 18.2 Å². The van der Waals surface area contributed by atoms with Gasteiger partial charge in [-0.25, -0.2) is 9.37 Å². The molecule has 3 nitrogen and oxygen atoms in total. The first-order valence-electron chi connectivity index (χ1n) is 7.53. The van der Waals surface area contributed by atoms with E-state index in [-0.39, 0.29) is 5.82 Å². The molecule has 1 aromatic carbocycles. The van der Waals surface area contributed by atoms with Gasteiger partial charge in [-0.1, -0.05) is 13.8 Å². The second-order valence-corrected chi connectivity index (χ2v) is 6.36. The number of rotatable bonds is 4. The molecule has 1 aliphatic rings. The fraction of sp³-hybridized carbons (Fsp3) is 0.438. The summed E-state index contributed by atoms with van der Waals surface area (Å²) in [6.07, 6.45) is 2.10. The summed E-state index contributed by atoms with van der Waals surface area (Å²) < 4.78 is 21.4. The van der Waals surface area contributed by atoms with E-state index in [4.69, 9.17) is 4.74 Å². The van der Waals surface area contributed by atoms with Gasteiger partial charge in [0.25, 0.3) is 0 Å². The van der Waals surface area contributed by atoms with Gasteiger partial charge in [-0.05, 0) is 49.1 Å². The minimum Gasteiger partial charge on any atom is -0.381 e. The third-order valence-electron chi connectivity index (χ3n) is 3.23. The van der Waals surface area contributed by atoms with E-state index in [0.717, 1.165) is 41.8 Å². The molecule has 0 bridgehead atoms. The third kappa shape index (κ3) is 4.97. The van der Waals surface area contributed by atoms with Crippen molar-refractivity contribution in [3.8, 4) is 0 Å². The monoisotopic (exact) mass is 340 g/mol. The second-order valence-electron chi connectivity index (χ2n) is 4.62. The lowest BCUT2D eigenvalue weighted by Gasteiger charge is -2.19. The van der Waals surface area contributed by atoms with Crippen LogP contribution in [0.5, 0.6) is 0 Å². The van der Waals surface area contributed by atoms with Gasteiger partial charge in [0.05, 0.1) is 5.69 Å². The smallest absolute Gasteiger partial charge is 0.193 e. The molecule has 3 rings (SSSR count). The molecular formula is C16H21FN2OS2. The van der Waals surface area contributed by atoms with Gasteiger partial charge in [0.1, 0.15) is 5.82 Å². The van der Waals surface area contributed by atoms with Gasteiger partial charge in [0.2, 0.25) is 0 Å². The van der Waals surface area contributed by atoms with Gasteiger partial charge in [-0.2, -0.15) is 0 Å². The van der Waals surface area contributed by atoms with Crippen LogP contribution in [0.4, 0.5) is 9.52 Å². The number of halogens is 1. The maximum absolute atomic E-state index is 12.8. The molecule has 0 spiro atoms. The van der Waals surface area contributed by atoms with Crippen molar-refractivity contribution >= 4 is 28.4 Å². The quantitative estimate of drug-likeness (QED) is 0.764. The first-order valence-corrected chi connectivity index (χ1v) is 9.22. The Morgan fingerprint density at radius 1 is 1.23 bits per heavy atom. The largest absolute Gasteiger partial charge is 0.381 e. The van der Waals surface area contributed by atoms with Gasteiger partial charge < -0.3 is 9.46 Å². The Bertz CT molecular complexity index is 554. The van der Waals surface area contributed by atoms with Crippen LogP contribution in [0.3, 0.4) is 0 Å². The van der Waals surface area contributed by atoms with Crippen molar-refractivity contribution in [3.05, 3.63) is 41.2 Å². The number of anilines is 1. The molecule has 1 aliphatic heterocycles. The summed E-state index contributed by atoms with van der Waals surface area (Å²) in [5.74, 6) is 0.303. The maximum Gasteiger partial charge on any atom is 0.193 e. The maximum atomic E-state index is 12.8. The number of aromatic nitrogens is 1. The number of benzene rings is 1. The average molecular weight is 340 g/mol. The van der Waals surface area contributed by atoms with Crippen LogP contribution in [0.25, 0.3) is 0 Å². The van der Waals surface area contributed by atoms with E-state index in [1.807, 2.05) is 13.8 Å². The van der Waals surface area contributed by atoms with Crippen molar-refractivity contribution in [1.82, 2.24) is 4.98 Å². The van der Waals surface area contributed by atoms with Gasteiger partial charge in [-0.3, -0.25) is 0 Å². The lowest BCUT2D eigenvalue weighted by atomic mass is 9.98. The zero-order chi connectivity index (χ0) is 15.8. The Balaban J connectivity index is 0.000000847. The van der Waals surface area contributed by atoms with E-state index in [9.17, 15) is 4.39 Å². The third-order valence-corrected chi connectivity index (χ3v) is 4.94. The minimum atomic E-state index is -0.217. The number of thiazole rings is 1. The average Bonchev–Trinajstić information content (AvgIpc) is 3.06. The molecule has 2 aromatic rings. The first kappa shape index (κ1) is 17.2. The Hall–Kier alpha value is -1.11. The van der Waals surface area contributed by atoms with Gasteiger partial charge in [0.15, 0.2) is 5.13 Å². The van der Waals surface area contributed by atoms with Crippen LogP contribution in [0.1, 0.15) is 38.3 Å². The Morgan fingerprint density at radius 3 is 2.59 bits per heavy atom. The van der Waals surface area contributed by atoms with Gasteiger partial charge >= 0.3 is 0 Å². The summed E-state index contributed by atoms with van der Waals surface area (Å²) in [6, 6.07) is 6.42. The van der Waals surface area contributed by atoms with E-state index < -0.39 is 0 Å². The highest BCUT2D eigenvalue weighted by molar-refractivity contribution is 8.00. The highest BCUT2D eigenvalue weighted by atomic mass is 32.2. The molecule has 0 radical (unpaired) electrons. The molecule has 1 N–H and O–H groups in total. The standard InChI is InChI=1S/C14H15FN2OS2.C2H6/c15-11-1-3-12(4-2-11)20-17-14-16-13(9-19-14)10-5-7-18-8-6-10;1-2/h1-4,9-10H,5-8H2,(H,16,17);1-2H3. The number of nitrogens with zero attached hydrogens (tertiary/aromatic N) is 1. The Morgan fingerprint density at radius 2 is 1.91 bits per heavy atom. The van der Waals surface area contributed by atoms with Crippen LogP contribution in [0.2, 0.25) is 0 Å². The fourth-order valence-corrected chi connectivity index (χ4v) is 3.60. The Kier molecular flexibility index (Phi) is 7.15. The Labute approximate surface area is 139 Å². The van der Waals surface area contributed by atoms with Crippen molar-refractivity contribution in [2.45, 2.75) is 37.5 Å². The summed E-state index contributed by atoms with van der Waals surface area (Å²) in [5, 5.41) is 3.00. The van der Waals surface area contributed by atoms with Gasteiger partial charge in [0, 0.05) is 29.4 Å². The highest BCUT2D eigenvalue weighted by Gasteiger charge is 2.18. The summed E-state index contributed by atoms with van der Waals surface area (Å²) in [4.78, 5) is 5.59. The predicted molar refractivity (Wildman–Crippen MR) is 92.1 cm³/mol. The normalized spacial score (nSPS) is 15.0. The van der Waals surface area contributed by atoms with E-state index >= 15 is 0 Å². The van der Waals surface area contributed by atoms with E-state index in [1.165, 1.54) is 24.1 Å². The van der Waals surface area contributed by atoms with E-state index in [2.05, 4.69) is 15.1 Å². The molecule has 0 saturated carbocycles. The molecule has 6 heteroatoms. The van der Waals surface area contributed by atoms with Crippen molar-refractivity contribution < 1.29 is 9.13 Å². The second kappa shape index (κ2) is 9.12. The van der Waals surface area contributed by atoms with Crippen LogP contribution >= 0.6 is 23.3 Å². The highest BCUT2D eigenvalue weighted by Crippen LogP contribution is 2.31. The number of hydrogen-bond donors (Lipinski definition) is 1. The molecule has 120 valence electrons. The molecule has 0 atom stereocenters. The first-order chi connectivity index (χ1) is 10.8. The van der Waals surface area contributed by atoms with E-state index in [1.54, 1.807) is 23.5 Å². The molecule has 1 aromatic heterocycles. The van der Waals surface area contributed by atoms with Crippen molar-refractivity contribution in [3.63, 3.8) is 0 Å². The van der Waals surface area contributed by atoms with Crippen LogP contribution < -0.4 is 4.72 Å². The summed E-state index contributed by atoms with van der Waals surface area (Å²) >= 11 is 3.06. The summed E-state index contributed by atoms with van der Waals surface area (Å²) in [5.41, 5.74) is 1.15. The summed E-state index contributed by atoms with van der Waals surface area (Å²) in [6.45, 7) is 5.66. The predicted octanol–water partition coefficient (Wildman–Crippen LogP) is 5.32. The van der Waals surface area contributed by atoms with E-state index in [0.29, 0.717) is 5.92 Å². The van der Waals surface area contributed by atoms with Crippen molar-refractivity contribution in [2.75, 3.05) is 17.9 Å². The zero-order valence-corrected chi connectivity index (χ0v) is 14.5. The molecule has 0 aliphatic carbocycles. The van der Waals surface area contributed by atoms with Crippen molar-refractivity contribution in [1.29, 1.82) is 0 Å². The fourth-order valence-electron chi connectivity index (χ4n) is 2.12.